The maximum absolute atomic E-state index is 12.7. The van der Waals surface area contributed by atoms with Gasteiger partial charge in [0.05, 0.1) is 12.3 Å². The van der Waals surface area contributed by atoms with Crippen molar-refractivity contribution in [2.24, 2.45) is 0 Å². The first kappa shape index (κ1) is 12.8. The number of amides is 1. The van der Waals surface area contributed by atoms with Crippen molar-refractivity contribution in [3.05, 3.63) is 42.4 Å². The lowest BCUT2D eigenvalue weighted by Crippen LogP contribution is -2.31. The maximum atomic E-state index is 12.7. The monoisotopic (exact) mass is 299 g/mol. The summed E-state index contributed by atoms with van der Waals surface area (Å²) in [5.41, 5.74) is 1.02. The van der Waals surface area contributed by atoms with Gasteiger partial charge in [-0.2, -0.15) is 10.1 Å². The normalized spacial score (nSPS) is 18.0. The number of furan rings is 1. The highest BCUT2D eigenvalue weighted by Gasteiger charge is 2.34. The zero-order valence-corrected chi connectivity index (χ0v) is 11.6. The van der Waals surface area contributed by atoms with E-state index >= 15 is 0 Å². The molecule has 1 saturated heterocycles. The number of nitrogens with zero attached hydrogens (tertiary/aromatic N) is 4. The fraction of sp³-hybridized carbons (Fsp3) is 0.286. The number of H-pyrrole nitrogens is 1. The van der Waals surface area contributed by atoms with Crippen molar-refractivity contribution in [2.45, 2.75) is 18.9 Å². The predicted molar refractivity (Wildman–Crippen MR) is 73.6 cm³/mol. The molecule has 3 aromatic rings. The van der Waals surface area contributed by atoms with Crippen LogP contribution in [0, 0.1) is 0 Å². The summed E-state index contributed by atoms with van der Waals surface area (Å²) in [7, 11) is 0. The van der Waals surface area contributed by atoms with Gasteiger partial charge >= 0.3 is 0 Å². The number of rotatable bonds is 3. The first-order valence-electron chi connectivity index (χ1n) is 6.99. The Hall–Kier alpha value is -2.90. The Morgan fingerprint density at radius 2 is 2.41 bits per heavy atom. The summed E-state index contributed by atoms with van der Waals surface area (Å²) in [4.78, 5) is 18.4. The minimum absolute atomic E-state index is 0.152. The third kappa shape index (κ3) is 2.09. The van der Waals surface area contributed by atoms with E-state index in [9.17, 15) is 4.79 Å². The average molecular weight is 299 g/mol. The van der Waals surface area contributed by atoms with E-state index in [4.69, 9.17) is 8.94 Å². The molecule has 112 valence electrons. The topological polar surface area (TPSA) is 101 Å². The van der Waals surface area contributed by atoms with E-state index < -0.39 is 0 Å². The Bertz CT molecular complexity index is 762. The number of aromatic nitrogens is 4. The van der Waals surface area contributed by atoms with Crippen molar-refractivity contribution in [3.8, 4) is 11.5 Å². The molecule has 1 unspecified atom stereocenters. The summed E-state index contributed by atoms with van der Waals surface area (Å²) in [5.74, 6) is 1.02. The molecule has 1 amide bonds. The van der Waals surface area contributed by atoms with E-state index in [0.29, 0.717) is 29.5 Å². The molecular weight excluding hydrogens is 286 g/mol. The molecule has 1 N–H and O–H groups in total. The lowest BCUT2D eigenvalue weighted by atomic mass is 10.2. The summed E-state index contributed by atoms with van der Waals surface area (Å²) in [6.07, 6.45) is 4.57. The van der Waals surface area contributed by atoms with E-state index in [2.05, 4.69) is 20.3 Å². The van der Waals surface area contributed by atoms with Crippen molar-refractivity contribution >= 4 is 5.91 Å². The molecule has 22 heavy (non-hydrogen) atoms. The summed E-state index contributed by atoms with van der Waals surface area (Å²) < 4.78 is 10.1. The van der Waals surface area contributed by atoms with Crippen LogP contribution in [0.5, 0.6) is 0 Å². The second-order valence-electron chi connectivity index (χ2n) is 5.09. The molecule has 4 heterocycles. The fourth-order valence-corrected chi connectivity index (χ4v) is 2.74. The van der Waals surface area contributed by atoms with Gasteiger partial charge < -0.3 is 13.8 Å². The SMILES string of the molecule is O=C(c1cc(-c2ccco2)[nH]n1)N1CCCC1c1ncon1. The number of aromatic amines is 1. The highest BCUT2D eigenvalue weighted by molar-refractivity contribution is 5.93. The van der Waals surface area contributed by atoms with Gasteiger partial charge in [-0.25, -0.2) is 0 Å². The minimum atomic E-state index is -0.157. The number of hydrogen-bond donors (Lipinski definition) is 1. The van der Waals surface area contributed by atoms with Crippen LogP contribution >= 0.6 is 0 Å². The molecule has 0 aromatic carbocycles. The van der Waals surface area contributed by atoms with E-state index in [1.165, 1.54) is 6.39 Å². The average Bonchev–Trinajstić information content (AvgIpc) is 3.35. The Kier molecular flexibility index (Phi) is 2.99. The molecular formula is C14H13N5O3. The van der Waals surface area contributed by atoms with Crippen LogP contribution in [-0.2, 0) is 0 Å². The zero-order chi connectivity index (χ0) is 14.9. The van der Waals surface area contributed by atoms with Gasteiger partial charge in [0.25, 0.3) is 5.91 Å². The molecule has 8 heteroatoms. The Labute approximate surface area is 125 Å². The summed E-state index contributed by atoms with van der Waals surface area (Å²) in [6, 6.07) is 5.12. The van der Waals surface area contributed by atoms with Crippen LogP contribution < -0.4 is 0 Å². The van der Waals surface area contributed by atoms with Gasteiger partial charge in [0, 0.05) is 12.6 Å². The molecule has 4 rings (SSSR count). The molecule has 0 spiro atoms. The molecule has 1 atom stereocenters. The molecule has 8 nitrogen and oxygen atoms in total. The van der Waals surface area contributed by atoms with Gasteiger partial charge in [0.1, 0.15) is 5.69 Å². The van der Waals surface area contributed by atoms with E-state index in [-0.39, 0.29) is 11.9 Å². The lowest BCUT2D eigenvalue weighted by molar-refractivity contribution is 0.0722. The van der Waals surface area contributed by atoms with E-state index in [1.54, 1.807) is 29.4 Å². The standard InChI is InChI=1S/C14H13N5O3/c20-14(10-7-9(16-17-10)12-4-2-6-21-12)19-5-1-3-11(19)13-15-8-22-18-13/h2,4,6-8,11H,1,3,5H2,(H,16,17). The van der Waals surface area contributed by atoms with E-state index in [0.717, 1.165) is 12.8 Å². The van der Waals surface area contributed by atoms with Crippen LogP contribution in [0.4, 0.5) is 0 Å². The van der Waals surface area contributed by atoms with Gasteiger partial charge in [-0.1, -0.05) is 5.16 Å². The van der Waals surface area contributed by atoms with Gasteiger partial charge in [0.15, 0.2) is 17.3 Å². The molecule has 1 aliphatic rings. The summed E-state index contributed by atoms with van der Waals surface area (Å²) in [5, 5.41) is 10.8. The number of hydrogen-bond acceptors (Lipinski definition) is 6. The smallest absolute Gasteiger partial charge is 0.274 e. The highest BCUT2D eigenvalue weighted by atomic mass is 16.5. The number of likely N-dealkylation sites (tertiary alicyclic amines) is 1. The van der Waals surface area contributed by atoms with Gasteiger partial charge in [-0.3, -0.25) is 9.89 Å². The van der Waals surface area contributed by atoms with Crippen molar-refractivity contribution in [1.82, 2.24) is 25.2 Å². The van der Waals surface area contributed by atoms with Crippen molar-refractivity contribution in [3.63, 3.8) is 0 Å². The van der Waals surface area contributed by atoms with Crippen LogP contribution in [0.3, 0.4) is 0 Å². The first-order valence-corrected chi connectivity index (χ1v) is 6.99. The van der Waals surface area contributed by atoms with Crippen LogP contribution in [0.25, 0.3) is 11.5 Å². The van der Waals surface area contributed by atoms with Gasteiger partial charge in [-0.05, 0) is 25.0 Å². The Balaban J connectivity index is 1.59. The van der Waals surface area contributed by atoms with Crippen LogP contribution in [0.15, 0.2) is 39.8 Å². The molecule has 0 saturated carbocycles. The number of nitrogens with one attached hydrogen (secondary N) is 1. The van der Waals surface area contributed by atoms with E-state index in [1.807, 2.05) is 0 Å². The van der Waals surface area contributed by atoms with Gasteiger partial charge in [-0.15, -0.1) is 0 Å². The minimum Gasteiger partial charge on any atom is -0.463 e. The van der Waals surface area contributed by atoms with Crippen LogP contribution in [0.2, 0.25) is 0 Å². The molecule has 0 radical (unpaired) electrons. The molecule has 1 aliphatic heterocycles. The Morgan fingerprint density at radius 1 is 1.45 bits per heavy atom. The van der Waals surface area contributed by atoms with Crippen molar-refractivity contribution < 1.29 is 13.7 Å². The van der Waals surface area contributed by atoms with Crippen LogP contribution in [-0.4, -0.2) is 37.7 Å². The second-order valence-corrected chi connectivity index (χ2v) is 5.09. The zero-order valence-electron chi connectivity index (χ0n) is 11.6. The Morgan fingerprint density at radius 3 is 3.18 bits per heavy atom. The molecule has 3 aromatic heterocycles. The van der Waals surface area contributed by atoms with Crippen LogP contribution in [0.1, 0.15) is 35.2 Å². The van der Waals surface area contributed by atoms with Crippen molar-refractivity contribution in [1.29, 1.82) is 0 Å². The quantitative estimate of drug-likeness (QED) is 0.794. The van der Waals surface area contributed by atoms with Gasteiger partial charge in [0.2, 0.25) is 6.39 Å². The molecule has 1 fully saturated rings. The second kappa shape index (κ2) is 5.14. The number of carbonyl (C=O) groups excluding carboxylic acids is 1. The third-order valence-corrected chi connectivity index (χ3v) is 3.77. The molecule has 0 aliphatic carbocycles. The number of carbonyl (C=O) groups is 1. The third-order valence-electron chi connectivity index (χ3n) is 3.77. The molecule has 0 bridgehead atoms. The largest absolute Gasteiger partial charge is 0.463 e. The van der Waals surface area contributed by atoms with Crippen molar-refractivity contribution in [2.75, 3.05) is 6.54 Å². The fourth-order valence-electron chi connectivity index (χ4n) is 2.74. The lowest BCUT2D eigenvalue weighted by Gasteiger charge is -2.20. The highest BCUT2D eigenvalue weighted by Crippen LogP contribution is 2.31. The summed E-state index contributed by atoms with van der Waals surface area (Å²) in [6.45, 7) is 0.654. The maximum Gasteiger partial charge on any atom is 0.274 e. The first-order chi connectivity index (χ1) is 10.8. The predicted octanol–water partition coefficient (Wildman–Crippen LogP) is 2.03. The summed E-state index contributed by atoms with van der Waals surface area (Å²) >= 11 is 0.